The van der Waals surface area contributed by atoms with E-state index in [1.807, 2.05) is 19.9 Å². The first-order valence-corrected chi connectivity index (χ1v) is 4.81. The third-order valence-electron chi connectivity index (χ3n) is 2.28. The lowest BCUT2D eigenvalue weighted by Gasteiger charge is -2.21. The van der Waals surface area contributed by atoms with Gasteiger partial charge in [-0.3, -0.25) is 10.3 Å². The highest BCUT2D eigenvalue weighted by molar-refractivity contribution is 5.94. The van der Waals surface area contributed by atoms with Gasteiger partial charge in [0.05, 0.1) is 12.1 Å². The Labute approximate surface area is 83.7 Å². The van der Waals surface area contributed by atoms with Crippen LogP contribution < -0.4 is 0 Å². The van der Waals surface area contributed by atoms with Gasteiger partial charge in [-0.25, -0.2) is 0 Å². The quantitative estimate of drug-likeness (QED) is 0.423. The summed E-state index contributed by atoms with van der Waals surface area (Å²) in [6, 6.07) is 0. The van der Waals surface area contributed by atoms with Crippen molar-refractivity contribution in [2.75, 3.05) is 6.54 Å². The molecule has 0 radical (unpaired) electrons. The average Bonchev–Trinajstić information content (AvgIpc) is 2.27. The van der Waals surface area contributed by atoms with Crippen molar-refractivity contribution in [2.24, 2.45) is 0 Å². The van der Waals surface area contributed by atoms with Crippen molar-refractivity contribution in [3.05, 3.63) is 29.0 Å². The predicted octanol–water partition coefficient (Wildman–Crippen LogP) is 1.99. The fourth-order valence-corrected chi connectivity index (χ4v) is 1.45. The molecule has 4 nitrogen and oxygen atoms in total. The van der Waals surface area contributed by atoms with Gasteiger partial charge in [-0.1, -0.05) is 13.0 Å². The van der Waals surface area contributed by atoms with E-state index in [1.54, 1.807) is 6.08 Å². The molecule has 0 bridgehead atoms. The molecular weight excluding hydrogens is 178 g/mol. The van der Waals surface area contributed by atoms with Crippen molar-refractivity contribution >= 4 is 5.71 Å². The van der Waals surface area contributed by atoms with Crippen LogP contribution in [0.5, 0.6) is 0 Å². The molecule has 76 valence electrons. The maximum atomic E-state index is 9.59. The van der Waals surface area contributed by atoms with Crippen molar-refractivity contribution in [2.45, 2.75) is 26.7 Å². The summed E-state index contributed by atoms with van der Waals surface area (Å²) in [6.45, 7) is 4.41. The molecule has 0 spiro atoms. The first-order chi connectivity index (χ1) is 6.72. The van der Waals surface area contributed by atoms with Gasteiger partial charge in [-0.2, -0.15) is 4.79 Å². The van der Waals surface area contributed by atoms with Crippen LogP contribution in [-0.2, 0) is 0 Å². The molecule has 1 rings (SSSR count). The number of allylic oxidation sites excluding steroid dienone is 3. The number of rotatable bonds is 3. The molecule has 0 heterocycles. The molecule has 0 amide bonds. The van der Waals surface area contributed by atoms with Crippen LogP contribution in [0.15, 0.2) is 23.4 Å². The van der Waals surface area contributed by atoms with Gasteiger partial charge >= 0.3 is 0 Å². The molecule has 1 N–H and O–H groups in total. The zero-order chi connectivity index (χ0) is 10.6. The Kier molecular flexibility index (Phi) is 3.63. The predicted molar refractivity (Wildman–Crippen MR) is 53.9 cm³/mol. The molecule has 0 aromatic carbocycles. The van der Waals surface area contributed by atoms with Crippen molar-refractivity contribution in [3.8, 4) is 0 Å². The zero-order valence-electron chi connectivity index (χ0n) is 8.56. The highest BCUT2D eigenvalue weighted by Crippen LogP contribution is 2.21. The molecule has 0 fully saturated rings. The second-order valence-corrected chi connectivity index (χ2v) is 3.12. The van der Waals surface area contributed by atoms with Crippen LogP contribution in [0.4, 0.5) is 0 Å². The van der Waals surface area contributed by atoms with Gasteiger partial charge in [0.1, 0.15) is 0 Å². The van der Waals surface area contributed by atoms with Gasteiger partial charge in [0.25, 0.3) is 5.71 Å². The molecule has 1 aliphatic rings. The molecule has 0 aromatic heterocycles. The maximum absolute atomic E-state index is 9.59. The van der Waals surface area contributed by atoms with E-state index in [0.29, 0.717) is 18.7 Å². The molecule has 0 saturated heterocycles. The minimum Gasteiger partial charge on any atom is -0.361 e. The lowest BCUT2D eigenvalue weighted by atomic mass is 10.00. The fourth-order valence-electron chi connectivity index (χ4n) is 1.45. The summed E-state index contributed by atoms with van der Waals surface area (Å²) in [7, 11) is 0. The van der Waals surface area contributed by atoms with E-state index in [-0.39, 0.29) is 0 Å². The molecule has 1 aliphatic carbocycles. The Bertz CT molecular complexity index is 324. The van der Waals surface area contributed by atoms with E-state index in [2.05, 4.69) is 4.79 Å². The minimum atomic E-state index is 0.516. The molecule has 0 atom stereocenters. The zero-order valence-corrected chi connectivity index (χ0v) is 8.56. The van der Waals surface area contributed by atoms with E-state index >= 15 is 0 Å². The van der Waals surface area contributed by atoms with E-state index in [1.165, 1.54) is 5.06 Å². The number of nitrogens with zero attached hydrogens (tertiary/aromatic N) is 3. The van der Waals surface area contributed by atoms with Crippen LogP contribution in [0.1, 0.15) is 26.7 Å². The van der Waals surface area contributed by atoms with Gasteiger partial charge in [-0.15, -0.1) is 0 Å². The molecule has 4 heteroatoms. The van der Waals surface area contributed by atoms with Gasteiger partial charge in [-0.05, 0) is 18.9 Å². The van der Waals surface area contributed by atoms with E-state index < -0.39 is 0 Å². The van der Waals surface area contributed by atoms with Crippen molar-refractivity contribution in [1.29, 1.82) is 0 Å². The summed E-state index contributed by atoms with van der Waals surface area (Å²) in [4.78, 5) is 3.14. The first kappa shape index (κ1) is 10.7. The summed E-state index contributed by atoms with van der Waals surface area (Å²) in [6.07, 6.45) is 5.17. The monoisotopic (exact) mass is 193 g/mol. The largest absolute Gasteiger partial charge is 0.361 e. The smallest absolute Gasteiger partial charge is 0.297 e. The molecule has 14 heavy (non-hydrogen) atoms. The van der Waals surface area contributed by atoms with Gasteiger partial charge < -0.3 is 5.53 Å². The normalized spacial score (nSPS) is 15.8. The summed E-state index contributed by atoms with van der Waals surface area (Å²) in [5, 5.41) is 10.8. The molecule has 0 aromatic rings. The second kappa shape index (κ2) is 4.74. The fraction of sp³-hybridized carbons (Fsp3) is 0.500. The summed E-state index contributed by atoms with van der Waals surface area (Å²) < 4.78 is 0. The van der Waals surface area contributed by atoms with Crippen LogP contribution in [-0.4, -0.2) is 27.3 Å². The molecule has 0 unspecified atom stereocenters. The number of hydroxylamine groups is 2. The Hall–Kier alpha value is -1.38. The summed E-state index contributed by atoms with van der Waals surface area (Å²) >= 11 is 0. The van der Waals surface area contributed by atoms with Gasteiger partial charge in [0.15, 0.2) is 0 Å². The third kappa shape index (κ3) is 2.10. The van der Waals surface area contributed by atoms with E-state index in [4.69, 9.17) is 5.53 Å². The molecular formula is C10H15N3O. The van der Waals surface area contributed by atoms with Crippen LogP contribution in [0.3, 0.4) is 0 Å². The van der Waals surface area contributed by atoms with Crippen LogP contribution >= 0.6 is 0 Å². The summed E-state index contributed by atoms with van der Waals surface area (Å²) in [5.41, 5.74) is 11.0. The Balaban J connectivity index is 3.00. The SMILES string of the molecule is CCC1=CCC(=[N+]=[N-])C=C1N(O)CC. The molecule has 0 aliphatic heterocycles. The topological polar surface area (TPSA) is 59.9 Å². The highest BCUT2D eigenvalue weighted by Gasteiger charge is 2.18. The first-order valence-electron chi connectivity index (χ1n) is 4.81. The Morgan fingerprint density at radius 3 is 2.79 bits per heavy atom. The van der Waals surface area contributed by atoms with Gasteiger partial charge in [0, 0.05) is 12.6 Å². The van der Waals surface area contributed by atoms with Gasteiger partial charge in [0.2, 0.25) is 0 Å². The summed E-state index contributed by atoms with van der Waals surface area (Å²) in [5.74, 6) is 0. The van der Waals surface area contributed by atoms with Crippen molar-refractivity contribution in [3.63, 3.8) is 0 Å². The number of likely N-dealkylation sites (N-methyl/N-ethyl adjacent to an activating group) is 1. The van der Waals surface area contributed by atoms with E-state index in [9.17, 15) is 5.21 Å². The Morgan fingerprint density at radius 2 is 2.29 bits per heavy atom. The lowest BCUT2D eigenvalue weighted by Crippen LogP contribution is -2.22. The maximum Gasteiger partial charge on any atom is 0.297 e. The van der Waals surface area contributed by atoms with Crippen LogP contribution in [0.25, 0.3) is 5.53 Å². The Morgan fingerprint density at radius 1 is 1.57 bits per heavy atom. The second-order valence-electron chi connectivity index (χ2n) is 3.12. The van der Waals surface area contributed by atoms with E-state index in [0.717, 1.165) is 17.7 Å². The lowest BCUT2D eigenvalue weighted by molar-refractivity contribution is -0.0490. The average molecular weight is 193 g/mol. The molecule has 0 saturated carbocycles. The number of hydrogen-bond donors (Lipinski definition) is 1. The number of hydrogen-bond acceptors (Lipinski definition) is 2. The third-order valence-corrected chi connectivity index (χ3v) is 2.28. The van der Waals surface area contributed by atoms with Crippen LogP contribution in [0, 0.1) is 0 Å². The highest BCUT2D eigenvalue weighted by atomic mass is 16.5. The standard InChI is InChI=1S/C10H15N3O/c1-3-8-5-6-9(12-11)7-10(8)13(14)4-2/h5,7,14H,3-4,6H2,1-2H3. The van der Waals surface area contributed by atoms with Crippen molar-refractivity contribution < 1.29 is 10.00 Å². The minimum absolute atomic E-state index is 0.516. The van der Waals surface area contributed by atoms with Crippen LogP contribution in [0.2, 0.25) is 0 Å². The van der Waals surface area contributed by atoms with Crippen molar-refractivity contribution in [1.82, 2.24) is 5.06 Å².